The Balaban J connectivity index is 2.28. The number of nitrogens with zero attached hydrogens (tertiary/aromatic N) is 3. The van der Waals surface area contributed by atoms with Crippen LogP contribution in [0.15, 0.2) is 34.4 Å². The molecule has 0 atom stereocenters. The molecule has 0 aliphatic rings. The molecule has 1 aromatic carbocycles. The van der Waals surface area contributed by atoms with Gasteiger partial charge in [0.2, 0.25) is 0 Å². The van der Waals surface area contributed by atoms with Gasteiger partial charge in [-0.25, -0.2) is 4.98 Å². The monoisotopic (exact) mass is 238 g/mol. The molecule has 0 saturated heterocycles. The second kappa shape index (κ2) is 5.03. The third-order valence-corrected chi connectivity index (χ3v) is 2.36. The molecule has 0 radical (unpaired) electrons. The number of nitriles is 2. The molecule has 1 N–H and O–H groups in total. The van der Waals surface area contributed by atoms with Crippen LogP contribution in [-0.2, 0) is 6.42 Å². The third-order valence-electron chi connectivity index (χ3n) is 2.36. The zero-order valence-electron chi connectivity index (χ0n) is 9.77. The Kier molecular flexibility index (Phi) is 3.26. The lowest BCUT2D eigenvalue weighted by atomic mass is 10.3. The van der Waals surface area contributed by atoms with E-state index in [1.165, 1.54) is 6.20 Å². The molecule has 2 rings (SSSR count). The topological polar surface area (TPSA) is 85.6 Å². The van der Waals surface area contributed by atoms with Gasteiger partial charge in [-0.2, -0.15) is 10.5 Å². The fourth-order valence-electron chi connectivity index (χ4n) is 1.46. The molecule has 0 saturated carbocycles. The van der Waals surface area contributed by atoms with E-state index in [0.717, 1.165) is 17.6 Å². The highest BCUT2D eigenvalue weighted by Crippen LogP contribution is 2.20. The minimum Gasteiger partial charge on any atom is -0.441 e. The number of rotatable bonds is 3. The van der Waals surface area contributed by atoms with Crippen LogP contribution in [0.3, 0.4) is 0 Å². The Bertz CT molecular complexity index is 669. The highest BCUT2D eigenvalue weighted by Gasteiger charge is 2.04. The fraction of sp³-hybridized carbons (Fsp3) is 0.154. The van der Waals surface area contributed by atoms with E-state index in [2.05, 4.69) is 10.3 Å². The van der Waals surface area contributed by atoms with Gasteiger partial charge in [-0.05, 0) is 12.1 Å². The van der Waals surface area contributed by atoms with Gasteiger partial charge in [0.05, 0.1) is 0 Å². The second-order valence-electron chi connectivity index (χ2n) is 3.57. The van der Waals surface area contributed by atoms with E-state index >= 15 is 0 Å². The fourth-order valence-corrected chi connectivity index (χ4v) is 1.46. The summed E-state index contributed by atoms with van der Waals surface area (Å²) in [5, 5.41) is 20.1. The highest BCUT2D eigenvalue weighted by molar-refractivity contribution is 5.77. The molecule has 0 fully saturated rings. The molecule has 5 nitrogen and oxygen atoms in total. The highest BCUT2D eigenvalue weighted by atomic mass is 16.3. The first-order valence-corrected chi connectivity index (χ1v) is 5.43. The Hall–Kier alpha value is -2.79. The van der Waals surface area contributed by atoms with Crippen LogP contribution in [0.5, 0.6) is 0 Å². The van der Waals surface area contributed by atoms with Crippen molar-refractivity contribution in [2.45, 2.75) is 13.3 Å². The number of fused-ring (bicyclic) bond motifs is 1. The van der Waals surface area contributed by atoms with Gasteiger partial charge < -0.3 is 9.73 Å². The van der Waals surface area contributed by atoms with Crippen LogP contribution < -0.4 is 5.32 Å². The number of hydrogen-bond donors (Lipinski definition) is 1. The summed E-state index contributed by atoms with van der Waals surface area (Å²) in [5.41, 5.74) is 2.23. The van der Waals surface area contributed by atoms with Crippen LogP contribution in [0.1, 0.15) is 12.8 Å². The average Bonchev–Trinajstić information content (AvgIpc) is 2.82. The summed E-state index contributed by atoms with van der Waals surface area (Å²) in [6, 6.07) is 8.97. The van der Waals surface area contributed by atoms with E-state index in [1.807, 2.05) is 19.1 Å². The number of aromatic nitrogens is 1. The molecule has 0 amide bonds. The van der Waals surface area contributed by atoms with Gasteiger partial charge in [0, 0.05) is 24.4 Å². The van der Waals surface area contributed by atoms with Gasteiger partial charge in [0.15, 0.2) is 11.5 Å². The number of nitrogens with one attached hydrogen (secondary N) is 1. The Morgan fingerprint density at radius 1 is 1.44 bits per heavy atom. The first-order valence-electron chi connectivity index (χ1n) is 5.43. The molecular weight excluding hydrogens is 228 g/mol. The van der Waals surface area contributed by atoms with Crippen LogP contribution in [-0.4, -0.2) is 4.98 Å². The number of oxazole rings is 1. The molecule has 1 aromatic heterocycles. The minimum absolute atomic E-state index is 0.0157. The van der Waals surface area contributed by atoms with Crippen molar-refractivity contribution in [1.29, 1.82) is 10.5 Å². The molecule has 1 heterocycles. The molecule has 88 valence electrons. The van der Waals surface area contributed by atoms with Gasteiger partial charge in [-0.3, -0.25) is 0 Å². The molecule has 5 heteroatoms. The summed E-state index contributed by atoms with van der Waals surface area (Å²) >= 11 is 0. The van der Waals surface area contributed by atoms with Crippen molar-refractivity contribution in [2.75, 3.05) is 5.32 Å². The summed E-state index contributed by atoms with van der Waals surface area (Å²) < 4.78 is 5.52. The van der Waals surface area contributed by atoms with E-state index < -0.39 is 0 Å². The first kappa shape index (κ1) is 11.7. The van der Waals surface area contributed by atoms with E-state index in [9.17, 15) is 0 Å². The maximum Gasteiger partial charge on any atom is 0.195 e. The molecule has 0 unspecified atom stereocenters. The van der Waals surface area contributed by atoms with E-state index in [0.29, 0.717) is 11.5 Å². The molecular formula is C13H10N4O. The zero-order chi connectivity index (χ0) is 13.0. The van der Waals surface area contributed by atoms with Gasteiger partial charge >= 0.3 is 0 Å². The molecule has 0 aliphatic carbocycles. The van der Waals surface area contributed by atoms with Crippen molar-refractivity contribution in [3.63, 3.8) is 0 Å². The molecule has 0 aliphatic heterocycles. The van der Waals surface area contributed by atoms with Gasteiger partial charge in [0.25, 0.3) is 0 Å². The number of benzene rings is 1. The van der Waals surface area contributed by atoms with Crippen LogP contribution in [0, 0.1) is 22.7 Å². The molecule has 0 spiro atoms. The summed E-state index contributed by atoms with van der Waals surface area (Å²) in [6.07, 6.45) is 2.10. The summed E-state index contributed by atoms with van der Waals surface area (Å²) in [7, 11) is 0. The predicted molar refractivity (Wildman–Crippen MR) is 66.3 cm³/mol. The van der Waals surface area contributed by atoms with Crippen LogP contribution >= 0.6 is 0 Å². The van der Waals surface area contributed by atoms with E-state index in [4.69, 9.17) is 14.9 Å². The first-order chi connectivity index (χ1) is 8.76. The van der Waals surface area contributed by atoms with Gasteiger partial charge in [0.1, 0.15) is 23.2 Å². The lowest BCUT2D eigenvalue weighted by Crippen LogP contribution is -1.89. The SMILES string of the molecule is CCc1nc2ccc(NC=C(C#N)C#N)cc2o1. The number of anilines is 1. The minimum atomic E-state index is 0.0157. The van der Waals surface area contributed by atoms with Crippen molar-refractivity contribution in [1.82, 2.24) is 4.98 Å². The van der Waals surface area contributed by atoms with Crippen LogP contribution in [0.2, 0.25) is 0 Å². The van der Waals surface area contributed by atoms with Gasteiger partial charge in [-0.15, -0.1) is 0 Å². The number of allylic oxidation sites excluding steroid dienone is 1. The van der Waals surface area contributed by atoms with Crippen molar-refractivity contribution < 1.29 is 4.42 Å². The molecule has 2 aromatic rings. The smallest absolute Gasteiger partial charge is 0.195 e. The lowest BCUT2D eigenvalue weighted by molar-refractivity contribution is 0.538. The van der Waals surface area contributed by atoms with Crippen molar-refractivity contribution >= 4 is 16.8 Å². The quantitative estimate of drug-likeness (QED) is 0.831. The summed E-state index contributed by atoms with van der Waals surface area (Å²) in [6.45, 7) is 1.97. The summed E-state index contributed by atoms with van der Waals surface area (Å²) in [4.78, 5) is 4.29. The van der Waals surface area contributed by atoms with E-state index in [-0.39, 0.29) is 5.57 Å². The second-order valence-corrected chi connectivity index (χ2v) is 3.57. The normalized spacial score (nSPS) is 9.50. The van der Waals surface area contributed by atoms with Crippen molar-refractivity contribution in [3.05, 3.63) is 35.9 Å². The Morgan fingerprint density at radius 2 is 2.22 bits per heavy atom. The van der Waals surface area contributed by atoms with Crippen molar-refractivity contribution in [2.24, 2.45) is 0 Å². The number of aryl methyl sites for hydroxylation is 1. The third kappa shape index (κ3) is 2.31. The van der Waals surface area contributed by atoms with Crippen LogP contribution in [0.25, 0.3) is 11.1 Å². The summed E-state index contributed by atoms with van der Waals surface area (Å²) in [5.74, 6) is 0.687. The Labute approximate surface area is 104 Å². The number of hydrogen-bond acceptors (Lipinski definition) is 5. The largest absolute Gasteiger partial charge is 0.441 e. The maximum atomic E-state index is 8.60. The Morgan fingerprint density at radius 3 is 2.89 bits per heavy atom. The van der Waals surface area contributed by atoms with Crippen LogP contribution in [0.4, 0.5) is 5.69 Å². The molecule has 18 heavy (non-hydrogen) atoms. The van der Waals surface area contributed by atoms with Crippen molar-refractivity contribution in [3.8, 4) is 12.1 Å². The maximum absolute atomic E-state index is 8.60. The zero-order valence-corrected chi connectivity index (χ0v) is 9.77. The standard InChI is InChI=1S/C13H10N4O/c1-2-13-17-11-4-3-10(5-12(11)18-13)16-8-9(6-14)7-15/h3-5,8,16H,2H2,1H3. The predicted octanol–water partition coefficient (Wildman–Crippen LogP) is 2.73. The molecule has 0 bridgehead atoms. The van der Waals surface area contributed by atoms with Gasteiger partial charge in [-0.1, -0.05) is 6.92 Å². The van der Waals surface area contributed by atoms with E-state index in [1.54, 1.807) is 18.2 Å². The lowest BCUT2D eigenvalue weighted by Gasteiger charge is -1.98. The average molecular weight is 238 g/mol.